The summed E-state index contributed by atoms with van der Waals surface area (Å²) < 4.78 is 5.57. The van der Waals surface area contributed by atoms with Crippen molar-refractivity contribution in [3.8, 4) is 5.75 Å². The van der Waals surface area contributed by atoms with Crippen LogP contribution in [0.5, 0.6) is 5.75 Å². The minimum absolute atomic E-state index is 0. The van der Waals surface area contributed by atoms with Gasteiger partial charge < -0.3 is 24.9 Å². The van der Waals surface area contributed by atoms with Gasteiger partial charge in [0.25, 0.3) is 0 Å². The standard InChI is InChI=1S/C19H24Cl2O6.Na/c20-12-6-15(18(26)11-4-2-1-3-5-11)19(16(21)7-12)27-10-14(23)8-13(22)9-17(24)25;/h6-7,11,13-14,22-23H,1-5,8-10H2,(H,24,25);/q;+1/p-1/t13-,14+;/m1./s1. The molecule has 0 aromatic heterocycles. The second-order valence-corrected chi connectivity index (χ2v) is 7.74. The number of aliphatic hydroxyl groups is 2. The third-order valence-electron chi connectivity index (χ3n) is 4.62. The van der Waals surface area contributed by atoms with Gasteiger partial charge in [-0.2, -0.15) is 0 Å². The number of carboxylic acid groups (broad SMARTS) is 1. The smallest absolute Gasteiger partial charge is 0.550 e. The van der Waals surface area contributed by atoms with E-state index in [1.165, 1.54) is 12.1 Å². The molecule has 0 amide bonds. The Balaban J connectivity index is 0.00000392. The Morgan fingerprint density at radius 3 is 2.39 bits per heavy atom. The molecule has 0 aliphatic heterocycles. The molecule has 1 aliphatic rings. The maximum atomic E-state index is 12.9. The van der Waals surface area contributed by atoms with Gasteiger partial charge in [-0.05, 0) is 25.0 Å². The average molecular weight is 441 g/mol. The molecule has 0 heterocycles. The molecule has 1 saturated carbocycles. The van der Waals surface area contributed by atoms with Gasteiger partial charge in [-0.1, -0.05) is 42.5 Å². The van der Waals surface area contributed by atoms with Crippen LogP contribution in [-0.4, -0.2) is 40.8 Å². The van der Waals surface area contributed by atoms with Gasteiger partial charge in [-0.25, -0.2) is 0 Å². The zero-order chi connectivity index (χ0) is 20.0. The molecule has 2 rings (SSSR count). The normalized spacial score (nSPS) is 16.7. The van der Waals surface area contributed by atoms with Crippen LogP contribution in [0.25, 0.3) is 0 Å². The fraction of sp³-hybridized carbons (Fsp3) is 0.579. The summed E-state index contributed by atoms with van der Waals surface area (Å²) in [6.45, 7) is -0.254. The monoisotopic (exact) mass is 440 g/mol. The van der Waals surface area contributed by atoms with Gasteiger partial charge in [-0.15, -0.1) is 0 Å². The maximum absolute atomic E-state index is 12.9. The topological polar surface area (TPSA) is 107 Å². The van der Waals surface area contributed by atoms with Crippen molar-refractivity contribution >= 4 is 35.0 Å². The first-order chi connectivity index (χ1) is 12.8. The summed E-state index contributed by atoms with van der Waals surface area (Å²) in [4.78, 5) is 23.4. The number of carbonyl (C=O) groups is 2. The predicted molar refractivity (Wildman–Crippen MR) is 99.1 cm³/mol. The number of ketones is 1. The van der Waals surface area contributed by atoms with Crippen LogP contribution in [0.2, 0.25) is 10.0 Å². The third-order valence-corrected chi connectivity index (χ3v) is 5.12. The van der Waals surface area contributed by atoms with E-state index in [9.17, 15) is 24.9 Å². The Bertz CT molecular complexity index is 679. The van der Waals surface area contributed by atoms with Crippen molar-refractivity contribution in [3.63, 3.8) is 0 Å². The molecule has 2 N–H and O–H groups in total. The van der Waals surface area contributed by atoms with Crippen molar-refractivity contribution < 1.29 is 59.2 Å². The van der Waals surface area contributed by atoms with E-state index in [1.54, 1.807) is 0 Å². The Labute approximate surface area is 196 Å². The second kappa shape index (κ2) is 12.4. The van der Waals surface area contributed by atoms with E-state index >= 15 is 0 Å². The number of carboxylic acids is 1. The van der Waals surface area contributed by atoms with E-state index in [0.717, 1.165) is 32.1 Å². The molecule has 1 aromatic rings. The molecule has 150 valence electrons. The summed E-state index contributed by atoms with van der Waals surface area (Å²) in [6, 6.07) is 2.96. The Morgan fingerprint density at radius 1 is 1.14 bits per heavy atom. The van der Waals surface area contributed by atoms with Crippen LogP contribution in [0.1, 0.15) is 55.3 Å². The summed E-state index contributed by atoms with van der Waals surface area (Å²) in [7, 11) is 0. The third kappa shape index (κ3) is 7.82. The molecule has 0 radical (unpaired) electrons. The minimum atomic E-state index is -1.41. The number of halogens is 2. The van der Waals surface area contributed by atoms with Gasteiger partial charge in [0, 0.05) is 29.8 Å². The van der Waals surface area contributed by atoms with E-state index in [4.69, 9.17) is 27.9 Å². The van der Waals surface area contributed by atoms with Crippen LogP contribution in [-0.2, 0) is 4.79 Å². The molecule has 6 nitrogen and oxygen atoms in total. The van der Waals surface area contributed by atoms with Gasteiger partial charge in [0.15, 0.2) is 5.78 Å². The number of rotatable bonds is 9. The van der Waals surface area contributed by atoms with Crippen LogP contribution < -0.4 is 39.4 Å². The van der Waals surface area contributed by atoms with Gasteiger partial charge in [0.05, 0.1) is 22.8 Å². The SMILES string of the molecule is O=C([O-])C[C@H](O)C[C@H](O)COc1c(Cl)cc(Cl)cc1C(=O)C1CCCCC1.[Na+]. The Hall–Kier alpha value is -0.340. The summed E-state index contributed by atoms with van der Waals surface area (Å²) >= 11 is 12.2. The van der Waals surface area contributed by atoms with E-state index in [0.29, 0.717) is 5.02 Å². The molecule has 2 atom stereocenters. The van der Waals surface area contributed by atoms with E-state index in [1.807, 2.05) is 0 Å². The Kier molecular flexibility index (Phi) is 11.4. The zero-order valence-corrected chi connectivity index (χ0v) is 19.3. The maximum Gasteiger partial charge on any atom is 1.00 e. The number of ether oxygens (including phenoxy) is 1. The number of aliphatic carboxylic acids is 1. The number of benzene rings is 1. The number of Topliss-reactive ketones (excluding diaryl/α,β-unsaturated/α-hetero) is 1. The summed E-state index contributed by atoms with van der Waals surface area (Å²) in [6.07, 6.45) is 1.55. The van der Waals surface area contributed by atoms with Crippen LogP contribution in [0, 0.1) is 5.92 Å². The number of hydrogen-bond donors (Lipinski definition) is 2. The van der Waals surface area contributed by atoms with Crippen molar-refractivity contribution in [1.82, 2.24) is 0 Å². The first-order valence-corrected chi connectivity index (χ1v) is 9.75. The quantitative estimate of drug-likeness (QED) is 0.391. The molecule has 9 heteroatoms. The summed E-state index contributed by atoms with van der Waals surface area (Å²) in [5, 5.41) is 30.5. The Morgan fingerprint density at radius 2 is 1.79 bits per heavy atom. The largest absolute Gasteiger partial charge is 1.00 e. The molecule has 0 spiro atoms. The van der Waals surface area contributed by atoms with Gasteiger partial charge in [0.1, 0.15) is 12.4 Å². The van der Waals surface area contributed by atoms with Crippen molar-refractivity contribution in [2.24, 2.45) is 5.92 Å². The minimum Gasteiger partial charge on any atom is -0.550 e. The van der Waals surface area contributed by atoms with Crippen LogP contribution in [0.4, 0.5) is 0 Å². The van der Waals surface area contributed by atoms with Crippen LogP contribution in [0.3, 0.4) is 0 Å². The zero-order valence-electron chi connectivity index (χ0n) is 15.8. The second-order valence-electron chi connectivity index (χ2n) is 6.89. The number of hydrogen-bond acceptors (Lipinski definition) is 6. The van der Waals surface area contributed by atoms with Gasteiger partial charge >= 0.3 is 29.6 Å². The van der Waals surface area contributed by atoms with Crippen molar-refractivity contribution in [3.05, 3.63) is 27.7 Å². The molecule has 1 aliphatic carbocycles. The fourth-order valence-electron chi connectivity index (χ4n) is 3.31. The first-order valence-electron chi connectivity index (χ1n) is 9.00. The van der Waals surface area contributed by atoms with E-state index in [2.05, 4.69) is 0 Å². The van der Waals surface area contributed by atoms with Crippen molar-refractivity contribution in [2.45, 2.75) is 57.2 Å². The van der Waals surface area contributed by atoms with Gasteiger partial charge in [-0.3, -0.25) is 4.79 Å². The molecule has 28 heavy (non-hydrogen) atoms. The number of carbonyl (C=O) groups excluding carboxylic acids is 2. The molecular weight excluding hydrogens is 418 g/mol. The summed E-state index contributed by atoms with van der Waals surface area (Å²) in [5.41, 5.74) is 0.280. The van der Waals surface area contributed by atoms with Crippen molar-refractivity contribution in [2.75, 3.05) is 6.61 Å². The number of aliphatic hydroxyl groups excluding tert-OH is 2. The molecule has 1 aromatic carbocycles. The fourth-order valence-corrected chi connectivity index (χ4v) is 3.86. The molecule has 1 fully saturated rings. The van der Waals surface area contributed by atoms with Crippen molar-refractivity contribution in [1.29, 1.82) is 0 Å². The molecule has 0 bridgehead atoms. The molecule has 0 saturated heterocycles. The van der Waals surface area contributed by atoms with Crippen LogP contribution >= 0.6 is 23.2 Å². The molecular formula is C19H23Cl2NaO6. The van der Waals surface area contributed by atoms with E-state index in [-0.39, 0.29) is 70.6 Å². The molecule has 0 unspecified atom stereocenters. The van der Waals surface area contributed by atoms with Crippen LogP contribution in [0.15, 0.2) is 12.1 Å². The first kappa shape index (κ1) is 25.7. The predicted octanol–water partition coefficient (Wildman–Crippen LogP) is -0.609. The average Bonchev–Trinajstić information content (AvgIpc) is 2.59. The van der Waals surface area contributed by atoms with Gasteiger partial charge in [0.2, 0.25) is 0 Å². The summed E-state index contributed by atoms with van der Waals surface area (Å²) in [5.74, 6) is -1.45. The van der Waals surface area contributed by atoms with E-state index < -0.39 is 24.6 Å².